The zero-order valence-corrected chi connectivity index (χ0v) is 7.77. The Hall–Kier alpha value is -1.62. The summed E-state index contributed by atoms with van der Waals surface area (Å²) in [4.78, 5) is 14.5. The number of aromatic nitrogens is 1. The highest BCUT2D eigenvalue weighted by molar-refractivity contribution is 5.65. The van der Waals surface area contributed by atoms with Gasteiger partial charge in [0.15, 0.2) is 0 Å². The second-order valence-corrected chi connectivity index (χ2v) is 2.89. The Morgan fingerprint density at radius 1 is 1.64 bits per heavy atom. The molecule has 1 unspecified atom stereocenters. The lowest BCUT2D eigenvalue weighted by molar-refractivity contribution is 0.177. The van der Waals surface area contributed by atoms with Crippen molar-refractivity contribution >= 4 is 6.09 Å². The number of aliphatic hydroxyl groups excluding tert-OH is 1. The van der Waals surface area contributed by atoms with Crippen molar-refractivity contribution in [2.75, 3.05) is 6.61 Å². The Kier molecular flexibility index (Phi) is 3.41. The van der Waals surface area contributed by atoms with Crippen LogP contribution in [0.25, 0.3) is 0 Å². The average molecular weight is 196 g/mol. The summed E-state index contributed by atoms with van der Waals surface area (Å²) in [5, 5.41) is 19.6. The molecule has 0 fully saturated rings. The van der Waals surface area contributed by atoms with Crippen LogP contribution in [0.15, 0.2) is 18.2 Å². The van der Waals surface area contributed by atoms with Crippen molar-refractivity contribution in [2.45, 2.75) is 13.0 Å². The van der Waals surface area contributed by atoms with E-state index in [2.05, 4.69) is 10.3 Å². The minimum Gasteiger partial charge on any atom is -0.465 e. The minimum atomic E-state index is -1.17. The molecule has 14 heavy (non-hydrogen) atoms. The molecule has 0 aliphatic rings. The van der Waals surface area contributed by atoms with E-state index in [0.717, 1.165) is 5.69 Å². The molecular formula is C9H12N2O3. The predicted octanol–water partition coefficient (Wildman–Crippen LogP) is 0.691. The van der Waals surface area contributed by atoms with Crippen molar-refractivity contribution < 1.29 is 15.0 Å². The number of carbonyl (C=O) groups is 1. The normalized spacial score (nSPS) is 12.1. The van der Waals surface area contributed by atoms with Crippen molar-refractivity contribution in [1.82, 2.24) is 10.3 Å². The van der Waals surface area contributed by atoms with Crippen molar-refractivity contribution in [3.8, 4) is 0 Å². The summed E-state index contributed by atoms with van der Waals surface area (Å²) in [6.45, 7) is 1.50. The number of carboxylic acid groups (broad SMARTS) is 1. The second kappa shape index (κ2) is 4.57. The molecule has 1 aromatic rings. The molecule has 0 spiro atoms. The van der Waals surface area contributed by atoms with Crippen molar-refractivity contribution in [2.24, 2.45) is 0 Å². The zero-order chi connectivity index (χ0) is 10.6. The second-order valence-electron chi connectivity index (χ2n) is 2.89. The Balaban J connectivity index is 2.83. The molecule has 0 aliphatic carbocycles. The first-order valence-electron chi connectivity index (χ1n) is 4.17. The summed E-state index contributed by atoms with van der Waals surface area (Å²) >= 11 is 0. The lowest BCUT2D eigenvalue weighted by atomic mass is 10.2. The number of hydrogen-bond donors (Lipinski definition) is 3. The van der Waals surface area contributed by atoms with Gasteiger partial charge in [-0.15, -0.1) is 0 Å². The number of aliphatic hydroxyl groups is 1. The van der Waals surface area contributed by atoms with E-state index in [1.54, 1.807) is 25.1 Å². The molecule has 0 radical (unpaired) electrons. The van der Waals surface area contributed by atoms with Crippen LogP contribution >= 0.6 is 0 Å². The first kappa shape index (κ1) is 10.5. The van der Waals surface area contributed by atoms with Gasteiger partial charge in [0.2, 0.25) is 0 Å². The Bertz CT molecular complexity index is 328. The largest absolute Gasteiger partial charge is 0.465 e. The van der Waals surface area contributed by atoms with Crippen molar-refractivity contribution in [1.29, 1.82) is 0 Å². The zero-order valence-electron chi connectivity index (χ0n) is 7.77. The molecule has 5 nitrogen and oxygen atoms in total. The summed E-state index contributed by atoms with van der Waals surface area (Å²) in [7, 11) is 0. The van der Waals surface area contributed by atoms with E-state index in [-0.39, 0.29) is 6.61 Å². The molecule has 76 valence electrons. The predicted molar refractivity (Wildman–Crippen MR) is 50.0 cm³/mol. The Labute approximate surface area is 81.4 Å². The van der Waals surface area contributed by atoms with Gasteiger partial charge in [0.25, 0.3) is 0 Å². The summed E-state index contributed by atoms with van der Waals surface area (Å²) in [6, 6.07) is 4.58. The number of amides is 1. The van der Waals surface area contributed by atoms with Gasteiger partial charge in [0.1, 0.15) is 0 Å². The number of hydrogen-bond acceptors (Lipinski definition) is 3. The van der Waals surface area contributed by atoms with E-state index in [1.807, 2.05) is 0 Å². The molecule has 0 aromatic carbocycles. The van der Waals surface area contributed by atoms with E-state index in [9.17, 15) is 4.79 Å². The van der Waals surface area contributed by atoms with Gasteiger partial charge in [-0.1, -0.05) is 6.07 Å². The van der Waals surface area contributed by atoms with Crippen LogP contribution in [0.4, 0.5) is 4.79 Å². The first-order valence-corrected chi connectivity index (χ1v) is 4.17. The standard InChI is InChI=1S/C9H12N2O3/c1-6-3-2-4-7(10-6)8(5-12)11-9(13)14/h2-4,8,11-12H,5H2,1H3,(H,13,14). The van der Waals surface area contributed by atoms with Crippen LogP contribution in [-0.4, -0.2) is 27.9 Å². The minimum absolute atomic E-state index is 0.303. The number of nitrogens with one attached hydrogen (secondary N) is 1. The van der Waals surface area contributed by atoms with E-state index >= 15 is 0 Å². The molecule has 1 rings (SSSR count). The highest BCUT2D eigenvalue weighted by Gasteiger charge is 2.13. The molecule has 1 heterocycles. The molecule has 0 saturated heterocycles. The van der Waals surface area contributed by atoms with Gasteiger partial charge in [-0.05, 0) is 19.1 Å². The molecule has 5 heteroatoms. The van der Waals surface area contributed by atoms with Gasteiger partial charge < -0.3 is 15.5 Å². The van der Waals surface area contributed by atoms with E-state index < -0.39 is 12.1 Å². The third-order valence-electron chi connectivity index (χ3n) is 1.75. The molecule has 1 amide bonds. The van der Waals surface area contributed by atoms with Gasteiger partial charge >= 0.3 is 6.09 Å². The summed E-state index contributed by atoms with van der Waals surface area (Å²) < 4.78 is 0. The van der Waals surface area contributed by atoms with Gasteiger partial charge in [0.05, 0.1) is 18.3 Å². The fraction of sp³-hybridized carbons (Fsp3) is 0.333. The number of aryl methyl sites for hydroxylation is 1. The van der Waals surface area contributed by atoms with E-state index in [1.165, 1.54) is 0 Å². The number of pyridine rings is 1. The third kappa shape index (κ3) is 2.70. The molecule has 0 saturated carbocycles. The van der Waals surface area contributed by atoms with Crippen LogP contribution in [-0.2, 0) is 0 Å². The number of rotatable bonds is 3. The third-order valence-corrected chi connectivity index (χ3v) is 1.75. The van der Waals surface area contributed by atoms with Gasteiger partial charge in [-0.2, -0.15) is 0 Å². The van der Waals surface area contributed by atoms with Crippen LogP contribution in [0.5, 0.6) is 0 Å². The molecule has 1 atom stereocenters. The van der Waals surface area contributed by atoms with Crippen molar-refractivity contribution in [3.63, 3.8) is 0 Å². The average Bonchev–Trinajstić information content (AvgIpc) is 2.14. The topological polar surface area (TPSA) is 82.5 Å². The van der Waals surface area contributed by atoms with Gasteiger partial charge in [-0.3, -0.25) is 4.98 Å². The Morgan fingerprint density at radius 2 is 2.36 bits per heavy atom. The maximum absolute atomic E-state index is 10.4. The monoisotopic (exact) mass is 196 g/mol. The van der Waals surface area contributed by atoms with E-state index in [0.29, 0.717) is 5.69 Å². The highest BCUT2D eigenvalue weighted by atomic mass is 16.4. The van der Waals surface area contributed by atoms with Crippen LogP contribution in [0, 0.1) is 6.92 Å². The molecule has 3 N–H and O–H groups in total. The first-order chi connectivity index (χ1) is 6.63. The van der Waals surface area contributed by atoms with Crippen molar-refractivity contribution in [3.05, 3.63) is 29.6 Å². The fourth-order valence-corrected chi connectivity index (χ4v) is 1.12. The molecule has 0 bridgehead atoms. The van der Waals surface area contributed by atoms with Gasteiger partial charge in [-0.25, -0.2) is 4.79 Å². The maximum Gasteiger partial charge on any atom is 0.405 e. The maximum atomic E-state index is 10.4. The van der Waals surface area contributed by atoms with E-state index in [4.69, 9.17) is 10.2 Å². The van der Waals surface area contributed by atoms with Gasteiger partial charge in [0, 0.05) is 5.69 Å². The fourth-order valence-electron chi connectivity index (χ4n) is 1.12. The van der Waals surface area contributed by atoms with Crippen LogP contribution in [0.2, 0.25) is 0 Å². The summed E-state index contributed by atoms with van der Waals surface area (Å²) in [5.41, 5.74) is 1.31. The van der Waals surface area contributed by atoms with Crippen LogP contribution < -0.4 is 5.32 Å². The smallest absolute Gasteiger partial charge is 0.405 e. The van der Waals surface area contributed by atoms with Crippen LogP contribution in [0.1, 0.15) is 17.4 Å². The summed E-state index contributed by atoms with van der Waals surface area (Å²) in [5.74, 6) is 0. The SMILES string of the molecule is Cc1cccc(C(CO)NC(=O)O)n1. The highest BCUT2D eigenvalue weighted by Crippen LogP contribution is 2.09. The quantitative estimate of drug-likeness (QED) is 0.664. The summed E-state index contributed by atoms with van der Waals surface area (Å²) in [6.07, 6.45) is -1.17. The molecule has 0 aliphatic heterocycles. The molecular weight excluding hydrogens is 184 g/mol. The lowest BCUT2D eigenvalue weighted by Gasteiger charge is -2.13. The lowest BCUT2D eigenvalue weighted by Crippen LogP contribution is -2.29. The van der Waals surface area contributed by atoms with Crippen LogP contribution in [0.3, 0.4) is 0 Å². The number of nitrogens with zero attached hydrogens (tertiary/aromatic N) is 1. The molecule has 1 aromatic heterocycles. The Morgan fingerprint density at radius 3 is 2.86 bits per heavy atom.